The Morgan fingerprint density at radius 3 is 2.73 bits per heavy atom. The van der Waals surface area contributed by atoms with Crippen LogP contribution < -0.4 is 0 Å². The maximum absolute atomic E-state index is 4.77. The zero-order valence-electron chi connectivity index (χ0n) is 15.9. The van der Waals surface area contributed by atoms with E-state index in [4.69, 9.17) is 4.98 Å². The van der Waals surface area contributed by atoms with Crippen molar-refractivity contribution >= 4 is 10.9 Å². The molecule has 1 aliphatic rings. The number of aromatic amines is 1. The molecule has 0 aliphatic carbocycles. The summed E-state index contributed by atoms with van der Waals surface area (Å²) in [7, 11) is 4.26. The molecular weight excluding hydrogens is 324 g/mol. The van der Waals surface area contributed by atoms with Gasteiger partial charge in [0.15, 0.2) is 5.82 Å². The molecule has 0 saturated carbocycles. The Hall–Kier alpha value is -2.18. The number of fused-ring (bicyclic) bond motifs is 1. The molecule has 1 aromatic carbocycles. The van der Waals surface area contributed by atoms with Crippen LogP contribution in [0.25, 0.3) is 22.3 Å². The summed E-state index contributed by atoms with van der Waals surface area (Å²) in [4.78, 5) is 9.75. The van der Waals surface area contributed by atoms with Crippen LogP contribution >= 0.6 is 0 Å². The van der Waals surface area contributed by atoms with Gasteiger partial charge in [-0.25, -0.2) is 4.98 Å². The van der Waals surface area contributed by atoms with Crippen molar-refractivity contribution in [2.75, 3.05) is 33.2 Å². The summed E-state index contributed by atoms with van der Waals surface area (Å²) in [6.07, 6.45) is 4.12. The van der Waals surface area contributed by atoms with Crippen molar-refractivity contribution in [2.24, 2.45) is 7.05 Å². The predicted octanol–water partition coefficient (Wildman–Crippen LogP) is 2.53. The summed E-state index contributed by atoms with van der Waals surface area (Å²) < 4.78 is 2.13. The molecule has 3 heterocycles. The van der Waals surface area contributed by atoms with Crippen LogP contribution in [-0.2, 0) is 13.5 Å². The Morgan fingerprint density at radius 2 is 1.92 bits per heavy atom. The molecule has 2 aromatic heterocycles. The number of aromatic nitrogens is 4. The predicted molar refractivity (Wildman–Crippen MR) is 105 cm³/mol. The third-order valence-electron chi connectivity index (χ3n) is 5.66. The van der Waals surface area contributed by atoms with E-state index in [0.717, 1.165) is 56.2 Å². The minimum Gasteiger partial charge on any atom is -0.351 e. The van der Waals surface area contributed by atoms with Crippen LogP contribution in [0.1, 0.15) is 19.2 Å². The second-order valence-electron chi connectivity index (χ2n) is 7.50. The molecule has 0 radical (unpaired) electrons. The third-order valence-corrected chi connectivity index (χ3v) is 5.66. The standard InChI is InChI=1S/C20H28N6/c1-15(26-13-11-24(2)12-14-26)7-8-19-21-20(23-22-19)17-5-4-6-18-16(17)9-10-25(18)3/h4-6,9-10,15H,7-8,11-14H2,1-3H3,(H,21,22,23). The van der Waals surface area contributed by atoms with Gasteiger partial charge in [-0.1, -0.05) is 12.1 Å². The van der Waals surface area contributed by atoms with Gasteiger partial charge in [-0.3, -0.25) is 10.00 Å². The maximum atomic E-state index is 4.77. The monoisotopic (exact) mass is 352 g/mol. The van der Waals surface area contributed by atoms with Crippen molar-refractivity contribution in [1.82, 2.24) is 29.5 Å². The van der Waals surface area contributed by atoms with Crippen molar-refractivity contribution in [3.63, 3.8) is 0 Å². The summed E-state index contributed by atoms with van der Waals surface area (Å²) in [6.45, 7) is 6.98. The Kier molecular flexibility index (Phi) is 4.78. The average molecular weight is 352 g/mol. The van der Waals surface area contributed by atoms with Gasteiger partial charge in [-0.15, -0.1) is 0 Å². The van der Waals surface area contributed by atoms with Gasteiger partial charge in [0, 0.05) is 68.4 Å². The topological polar surface area (TPSA) is 53.0 Å². The number of hydrogen-bond acceptors (Lipinski definition) is 4. The highest BCUT2D eigenvalue weighted by atomic mass is 15.3. The van der Waals surface area contributed by atoms with Crippen molar-refractivity contribution in [3.8, 4) is 11.4 Å². The lowest BCUT2D eigenvalue weighted by Crippen LogP contribution is -2.48. The first-order valence-electron chi connectivity index (χ1n) is 9.50. The van der Waals surface area contributed by atoms with Gasteiger partial charge >= 0.3 is 0 Å². The van der Waals surface area contributed by atoms with Crippen LogP contribution in [0.5, 0.6) is 0 Å². The second-order valence-corrected chi connectivity index (χ2v) is 7.50. The summed E-state index contributed by atoms with van der Waals surface area (Å²) in [5, 5.41) is 8.83. The molecule has 1 aliphatic heterocycles. The quantitative estimate of drug-likeness (QED) is 0.767. The van der Waals surface area contributed by atoms with Crippen molar-refractivity contribution in [3.05, 3.63) is 36.3 Å². The number of piperazine rings is 1. The van der Waals surface area contributed by atoms with E-state index in [1.165, 1.54) is 10.9 Å². The van der Waals surface area contributed by atoms with Crippen LogP contribution in [0.4, 0.5) is 0 Å². The highest BCUT2D eigenvalue weighted by Crippen LogP contribution is 2.26. The fraction of sp³-hybridized carbons (Fsp3) is 0.500. The summed E-state index contributed by atoms with van der Waals surface area (Å²) in [5.41, 5.74) is 2.30. The molecule has 6 heteroatoms. The summed E-state index contributed by atoms with van der Waals surface area (Å²) >= 11 is 0. The molecule has 1 atom stereocenters. The van der Waals surface area contributed by atoms with E-state index in [0.29, 0.717) is 6.04 Å². The van der Waals surface area contributed by atoms with Gasteiger partial charge in [-0.2, -0.15) is 5.10 Å². The van der Waals surface area contributed by atoms with E-state index < -0.39 is 0 Å². The van der Waals surface area contributed by atoms with Crippen molar-refractivity contribution < 1.29 is 0 Å². The zero-order chi connectivity index (χ0) is 18.1. The smallest absolute Gasteiger partial charge is 0.181 e. The SMILES string of the molecule is CC(CCc1nc(-c2cccc3c2ccn3C)n[nH]1)N1CCN(C)CC1. The van der Waals surface area contributed by atoms with Crippen LogP contribution in [0.15, 0.2) is 30.5 Å². The van der Waals surface area contributed by atoms with E-state index >= 15 is 0 Å². The first-order valence-corrected chi connectivity index (χ1v) is 9.50. The molecular formula is C20H28N6. The molecule has 3 aromatic rings. The highest BCUT2D eigenvalue weighted by molar-refractivity contribution is 5.93. The number of benzene rings is 1. The number of likely N-dealkylation sites (N-methyl/N-ethyl adjacent to an activating group) is 1. The minimum absolute atomic E-state index is 0.579. The molecule has 0 spiro atoms. The van der Waals surface area contributed by atoms with E-state index in [9.17, 15) is 0 Å². The van der Waals surface area contributed by atoms with Crippen molar-refractivity contribution in [1.29, 1.82) is 0 Å². The molecule has 138 valence electrons. The lowest BCUT2D eigenvalue weighted by molar-refractivity contribution is 0.114. The van der Waals surface area contributed by atoms with Crippen molar-refractivity contribution in [2.45, 2.75) is 25.8 Å². The number of aryl methyl sites for hydroxylation is 2. The van der Waals surface area contributed by atoms with Gasteiger partial charge in [-0.05, 0) is 32.5 Å². The first kappa shape index (κ1) is 17.2. The minimum atomic E-state index is 0.579. The summed E-state index contributed by atoms with van der Waals surface area (Å²) in [6, 6.07) is 9.01. The molecule has 0 bridgehead atoms. The van der Waals surface area contributed by atoms with Crippen LogP contribution in [0.3, 0.4) is 0 Å². The van der Waals surface area contributed by atoms with Crippen LogP contribution in [0.2, 0.25) is 0 Å². The van der Waals surface area contributed by atoms with Gasteiger partial charge in [0.05, 0.1) is 0 Å². The Morgan fingerprint density at radius 1 is 1.12 bits per heavy atom. The third kappa shape index (κ3) is 3.39. The Bertz CT molecular complexity index is 871. The van der Waals surface area contributed by atoms with E-state index in [1.54, 1.807) is 0 Å². The molecule has 1 unspecified atom stereocenters. The molecule has 1 N–H and O–H groups in total. The fourth-order valence-electron chi connectivity index (χ4n) is 3.82. The number of hydrogen-bond donors (Lipinski definition) is 1. The normalized spacial score (nSPS) is 17.8. The lowest BCUT2D eigenvalue weighted by atomic mass is 10.1. The van der Waals surface area contributed by atoms with Gasteiger partial charge in [0.1, 0.15) is 5.82 Å². The largest absolute Gasteiger partial charge is 0.351 e. The molecule has 0 amide bonds. The van der Waals surface area contributed by atoms with Crippen LogP contribution in [0, 0.1) is 0 Å². The molecule has 6 nitrogen and oxygen atoms in total. The first-order chi connectivity index (χ1) is 12.6. The zero-order valence-corrected chi connectivity index (χ0v) is 15.9. The molecule has 4 rings (SSSR count). The van der Waals surface area contributed by atoms with Gasteiger partial charge in [0.2, 0.25) is 0 Å². The Labute approximate surface area is 154 Å². The highest BCUT2D eigenvalue weighted by Gasteiger charge is 2.19. The van der Waals surface area contributed by atoms with E-state index in [2.05, 4.69) is 76.0 Å². The van der Waals surface area contributed by atoms with Gasteiger partial charge in [0.25, 0.3) is 0 Å². The maximum Gasteiger partial charge on any atom is 0.181 e. The number of rotatable bonds is 5. The Balaban J connectivity index is 1.43. The number of H-pyrrole nitrogens is 1. The second kappa shape index (κ2) is 7.21. The lowest BCUT2D eigenvalue weighted by Gasteiger charge is -2.36. The number of nitrogens with one attached hydrogen (secondary N) is 1. The molecule has 26 heavy (non-hydrogen) atoms. The number of nitrogens with zero attached hydrogens (tertiary/aromatic N) is 5. The summed E-state index contributed by atoms with van der Waals surface area (Å²) in [5.74, 6) is 1.78. The van der Waals surface area contributed by atoms with Gasteiger partial charge < -0.3 is 9.47 Å². The van der Waals surface area contributed by atoms with E-state index in [-0.39, 0.29) is 0 Å². The van der Waals surface area contributed by atoms with Crippen LogP contribution in [-0.4, -0.2) is 68.8 Å². The fourth-order valence-corrected chi connectivity index (χ4v) is 3.82. The molecule has 1 saturated heterocycles. The average Bonchev–Trinajstić information content (AvgIpc) is 3.27. The molecule has 1 fully saturated rings. The van der Waals surface area contributed by atoms with E-state index in [1.807, 2.05) is 0 Å².